The van der Waals surface area contributed by atoms with Gasteiger partial charge in [0.25, 0.3) is 0 Å². The molecule has 0 aliphatic carbocycles. The highest BCUT2D eigenvalue weighted by atomic mass is 35.5. The number of halogens is 1. The van der Waals surface area contributed by atoms with E-state index < -0.39 is 10.0 Å². The van der Waals surface area contributed by atoms with Crippen LogP contribution in [0, 0.1) is 0 Å². The van der Waals surface area contributed by atoms with Gasteiger partial charge >= 0.3 is 0 Å². The molecule has 8 heteroatoms. The summed E-state index contributed by atoms with van der Waals surface area (Å²) in [6.45, 7) is 0.320. The molecular formula is C13H13ClN2O3S2. The molecule has 2 heterocycles. The van der Waals surface area contributed by atoms with Crippen LogP contribution in [0.3, 0.4) is 0 Å². The minimum absolute atomic E-state index is 0.0433. The molecule has 1 saturated heterocycles. The van der Waals surface area contributed by atoms with Gasteiger partial charge in [-0.15, -0.1) is 11.3 Å². The highest BCUT2D eigenvalue weighted by Crippen LogP contribution is 2.31. The summed E-state index contributed by atoms with van der Waals surface area (Å²) in [5, 5.41) is 5.40. The van der Waals surface area contributed by atoms with E-state index in [0.29, 0.717) is 29.8 Å². The van der Waals surface area contributed by atoms with Gasteiger partial charge in [-0.1, -0.05) is 11.6 Å². The molecule has 5 nitrogen and oxygen atoms in total. The summed E-state index contributed by atoms with van der Waals surface area (Å²) in [7, 11) is -3.63. The normalized spacial score (nSPS) is 19.7. The molecule has 3 rings (SSSR count). The van der Waals surface area contributed by atoms with Gasteiger partial charge in [-0.3, -0.25) is 4.79 Å². The molecule has 1 fully saturated rings. The Kier molecular flexibility index (Phi) is 3.92. The molecule has 1 aliphatic rings. The fourth-order valence-corrected chi connectivity index (χ4v) is 5.22. The molecule has 0 saturated carbocycles. The molecule has 0 radical (unpaired) electrons. The molecule has 0 spiro atoms. The molecule has 2 N–H and O–H groups in total. The molecule has 1 aromatic heterocycles. The minimum Gasteiger partial charge on any atom is -0.355 e. The third-order valence-electron chi connectivity index (χ3n) is 3.38. The maximum absolute atomic E-state index is 12.5. The van der Waals surface area contributed by atoms with Crippen LogP contribution in [0.1, 0.15) is 12.8 Å². The second kappa shape index (κ2) is 5.57. The largest absolute Gasteiger partial charge is 0.355 e. The number of nitrogens with one attached hydrogen (secondary N) is 2. The number of carbonyl (C=O) groups is 1. The first-order valence-corrected chi connectivity index (χ1v) is 9.15. The standard InChI is InChI=1S/C13H13ClN2O3S2/c14-8-1-3-11-10(5-8)12(7-20-11)21(18,19)16-9-2-4-13(17)15-6-9/h1,3,5,7,9,16H,2,4,6H2,(H,15,17)/t9-/m1/s1. The van der Waals surface area contributed by atoms with E-state index in [9.17, 15) is 13.2 Å². The van der Waals surface area contributed by atoms with Crippen LogP contribution in [0.5, 0.6) is 0 Å². The predicted octanol–water partition coefficient (Wildman–Crippen LogP) is 2.11. The Morgan fingerprint density at radius 3 is 2.90 bits per heavy atom. The van der Waals surface area contributed by atoms with Crippen molar-refractivity contribution in [3.05, 3.63) is 28.6 Å². The van der Waals surface area contributed by atoms with Crippen LogP contribution in [0.15, 0.2) is 28.5 Å². The van der Waals surface area contributed by atoms with Crippen molar-refractivity contribution < 1.29 is 13.2 Å². The molecule has 1 amide bonds. The Morgan fingerprint density at radius 2 is 2.19 bits per heavy atom. The van der Waals surface area contributed by atoms with E-state index in [-0.39, 0.29) is 16.8 Å². The third-order valence-corrected chi connectivity index (χ3v) is 6.29. The summed E-state index contributed by atoms with van der Waals surface area (Å²) in [5.41, 5.74) is 0. The van der Waals surface area contributed by atoms with Crippen LogP contribution in [-0.4, -0.2) is 26.9 Å². The van der Waals surface area contributed by atoms with Gasteiger partial charge in [0.15, 0.2) is 0 Å². The number of rotatable bonds is 3. The van der Waals surface area contributed by atoms with Crippen molar-refractivity contribution >= 4 is 49.0 Å². The number of hydrogen-bond donors (Lipinski definition) is 2. The maximum Gasteiger partial charge on any atom is 0.242 e. The van der Waals surface area contributed by atoms with Crippen molar-refractivity contribution in [3.63, 3.8) is 0 Å². The van der Waals surface area contributed by atoms with Crippen LogP contribution < -0.4 is 10.0 Å². The number of amides is 1. The fourth-order valence-electron chi connectivity index (χ4n) is 2.30. The number of fused-ring (bicyclic) bond motifs is 1. The summed E-state index contributed by atoms with van der Waals surface area (Å²) >= 11 is 7.31. The van der Waals surface area contributed by atoms with Gasteiger partial charge in [0, 0.05) is 39.5 Å². The van der Waals surface area contributed by atoms with Gasteiger partial charge in [0.2, 0.25) is 15.9 Å². The average Bonchev–Trinajstić information content (AvgIpc) is 2.85. The number of sulfonamides is 1. The van der Waals surface area contributed by atoms with Gasteiger partial charge in [-0.05, 0) is 24.6 Å². The van der Waals surface area contributed by atoms with Crippen LogP contribution in [-0.2, 0) is 14.8 Å². The molecule has 1 atom stereocenters. The number of benzene rings is 1. The Balaban J connectivity index is 1.89. The summed E-state index contributed by atoms with van der Waals surface area (Å²) in [6.07, 6.45) is 0.845. The van der Waals surface area contributed by atoms with Crippen LogP contribution in [0.2, 0.25) is 5.02 Å². The summed E-state index contributed by atoms with van der Waals surface area (Å²) in [4.78, 5) is 11.4. The predicted molar refractivity (Wildman–Crippen MR) is 83.2 cm³/mol. The van der Waals surface area contributed by atoms with Crippen molar-refractivity contribution in [1.29, 1.82) is 0 Å². The lowest BCUT2D eigenvalue weighted by Gasteiger charge is -2.23. The van der Waals surface area contributed by atoms with Gasteiger partial charge in [-0.25, -0.2) is 13.1 Å². The van der Waals surface area contributed by atoms with E-state index in [0.717, 1.165) is 4.70 Å². The zero-order valence-corrected chi connectivity index (χ0v) is 13.3. The third kappa shape index (κ3) is 3.06. The molecule has 0 unspecified atom stereocenters. The van der Waals surface area contributed by atoms with E-state index >= 15 is 0 Å². The highest BCUT2D eigenvalue weighted by molar-refractivity contribution is 7.90. The van der Waals surface area contributed by atoms with Crippen molar-refractivity contribution in [2.75, 3.05) is 6.54 Å². The van der Waals surface area contributed by atoms with Gasteiger partial charge in [0.1, 0.15) is 4.90 Å². The van der Waals surface area contributed by atoms with E-state index in [1.54, 1.807) is 17.5 Å². The molecule has 21 heavy (non-hydrogen) atoms. The van der Waals surface area contributed by atoms with Gasteiger partial charge in [0.05, 0.1) is 0 Å². The second-order valence-corrected chi connectivity index (χ2v) is 7.93. The fraction of sp³-hybridized carbons (Fsp3) is 0.308. The Hall–Kier alpha value is -1.15. The zero-order valence-electron chi connectivity index (χ0n) is 10.9. The lowest BCUT2D eigenvalue weighted by Crippen LogP contribution is -2.47. The Morgan fingerprint density at radius 1 is 1.38 bits per heavy atom. The van der Waals surface area contributed by atoms with Crippen LogP contribution in [0.25, 0.3) is 10.1 Å². The Labute approximate surface area is 131 Å². The molecule has 112 valence electrons. The number of thiophene rings is 1. The lowest BCUT2D eigenvalue weighted by atomic mass is 10.1. The number of piperidine rings is 1. The quantitative estimate of drug-likeness (QED) is 0.895. The topological polar surface area (TPSA) is 75.3 Å². The van der Waals surface area contributed by atoms with E-state index in [1.165, 1.54) is 11.3 Å². The second-order valence-electron chi connectivity index (χ2n) is 4.90. The first-order valence-electron chi connectivity index (χ1n) is 6.41. The molecule has 0 bridgehead atoms. The van der Waals surface area contributed by atoms with E-state index in [1.807, 2.05) is 6.07 Å². The van der Waals surface area contributed by atoms with E-state index in [4.69, 9.17) is 11.6 Å². The maximum atomic E-state index is 12.5. The van der Waals surface area contributed by atoms with Crippen LogP contribution in [0.4, 0.5) is 0 Å². The lowest BCUT2D eigenvalue weighted by molar-refractivity contribution is -0.122. The Bertz CT molecular complexity index is 791. The number of hydrogen-bond acceptors (Lipinski definition) is 4. The SMILES string of the molecule is O=C1CC[C@@H](NS(=O)(=O)c2csc3ccc(Cl)cc23)CN1. The van der Waals surface area contributed by atoms with Gasteiger partial charge < -0.3 is 5.32 Å². The van der Waals surface area contributed by atoms with E-state index in [2.05, 4.69) is 10.0 Å². The first kappa shape index (κ1) is 14.8. The molecule has 1 aromatic carbocycles. The van der Waals surface area contributed by atoms with Crippen molar-refractivity contribution in [1.82, 2.24) is 10.0 Å². The summed E-state index contributed by atoms with van der Waals surface area (Å²) in [6, 6.07) is 4.93. The van der Waals surface area contributed by atoms with Gasteiger partial charge in [-0.2, -0.15) is 0 Å². The van der Waals surface area contributed by atoms with Crippen molar-refractivity contribution in [3.8, 4) is 0 Å². The molecule has 2 aromatic rings. The first-order chi connectivity index (χ1) is 9.95. The smallest absolute Gasteiger partial charge is 0.242 e. The molecule has 1 aliphatic heterocycles. The number of carbonyl (C=O) groups excluding carboxylic acids is 1. The van der Waals surface area contributed by atoms with Crippen molar-refractivity contribution in [2.45, 2.75) is 23.8 Å². The zero-order chi connectivity index (χ0) is 15.0. The van der Waals surface area contributed by atoms with Crippen molar-refractivity contribution in [2.24, 2.45) is 0 Å². The minimum atomic E-state index is -3.63. The average molecular weight is 345 g/mol. The van der Waals surface area contributed by atoms with Crippen LogP contribution >= 0.6 is 22.9 Å². The highest BCUT2D eigenvalue weighted by Gasteiger charge is 2.26. The molecular weight excluding hydrogens is 332 g/mol. The monoisotopic (exact) mass is 344 g/mol. The summed E-state index contributed by atoms with van der Waals surface area (Å²) < 4.78 is 28.5. The summed E-state index contributed by atoms with van der Waals surface area (Å²) in [5.74, 6) is -0.0433.